The van der Waals surface area contributed by atoms with Gasteiger partial charge in [0.2, 0.25) is 5.91 Å². The van der Waals surface area contributed by atoms with Crippen molar-refractivity contribution < 1.29 is 4.79 Å². The van der Waals surface area contributed by atoms with Gasteiger partial charge in [0.1, 0.15) is 0 Å². The molecule has 1 aliphatic rings. The molecule has 0 aliphatic carbocycles. The number of nitrogens with zero attached hydrogens (tertiary/aromatic N) is 1. The minimum Gasteiger partial charge on any atom is -0.324 e. The Balaban J connectivity index is 2.44. The first-order valence-corrected chi connectivity index (χ1v) is 4.35. The summed E-state index contributed by atoms with van der Waals surface area (Å²) >= 11 is 0. The molecule has 0 fully saturated rings. The summed E-state index contributed by atoms with van der Waals surface area (Å²) in [6, 6.07) is 3.72. The Morgan fingerprint density at radius 1 is 1.54 bits per heavy atom. The fraction of sp³-hybridized carbons (Fsp3) is 0.400. The Labute approximate surface area is 77.2 Å². The third-order valence-electron chi connectivity index (χ3n) is 2.36. The number of hydrogen-bond donors (Lipinski definition) is 1. The third kappa shape index (κ3) is 1.30. The highest BCUT2D eigenvalue weighted by Crippen LogP contribution is 2.31. The zero-order valence-electron chi connectivity index (χ0n) is 7.79. The van der Waals surface area contributed by atoms with Crippen LogP contribution in [0.3, 0.4) is 0 Å². The Morgan fingerprint density at radius 2 is 2.31 bits per heavy atom. The van der Waals surface area contributed by atoms with Crippen molar-refractivity contribution in [3.05, 3.63) is 24.0 Å². The lowest BCUT2D eigenvalue weighted by Crippen LogP contribution is -2.37. The lowest BCUT2D eigenvalue weighted by atomic mass is 9.83. The molecule has 0 aromatic carbocycles. The highest BCUT2D eigenvalue weighted by Gasteiger charge is 2.33. The number of pyridine rings is 1. The average Bonchev–Trinajstić information content (AvgIpc) is 2.06. The van der Waals surface area contributed by atoms with Gasteiger partial charge in [0.25, 0.3) is 0 Å². The van der Waals surface area contributed by atoms with Gasteiger partial charge < -0.3 is 5.32 Å². The van der Waals surface area contributed by atoms with Crippen molar-refractivity contribution in [1.82, 2.24) is 4.98 Å². The summed E-state index contributed by atoms with van der Waals surface area (Å²) < 4.78 is 0. The zero-order chi connectivity index (χ0) is 9.47. The Hall–Kier alpha value is -1.38. The van der Waals surface area contributed by atoms with Gasteiger partial charge in [0.05, 0.1) is 11.4 Å². The van der Waals surface area contributed by atoms with Crippen LogP contribution in [0.4, 0.5) is 5.69 Å². The molecule has 1 aromatic heterocycles. The molecule has 3 nitrogen and oxygen atoms in total. The molecule has 0 atom stereocenters. The molecule has 1 aliphatic heterocycles. The lowest BCUT2D eigenvalue weighted by molar-refractivity contribution is -0.124. The van der Waals surface area contributed by atoms with E-state index in [0.717, 1.165) is 17.8 Å². The van der Waals surface area contributed by atoms with Crippen molar-refractivity contribution in [3.63, 3.8) is 0 Å². The maximum Gasteiger partial charge on any atom is 0.230 e. The maximum atomic E-state index is 11.5. The van der Waals surface area contributed by atoms with Crippen LogP contribution in [0, 0.1) is 5.41 Å². The van der Waals surface area contributed by atoms with Crippen molar-refractivity contribution in [1.29, 1.82) is 0 Å². The molecule has 1 amide bonds. The molecule has 68 valence electrons. The van der Waals surface area contributed by atoms with Gasteiger partial charge >= 0.3 is 0 Å². The van der Waals surface area contributed by atoms with Crippen molar-refractivity contribution in [3.8, 4) is 0 Å². The van der Waals surface area contributed by atoms with Crippen molar-refractivity contribution in [2.75, 3.05) is 5.32 Å². The molecule has 2 rings (SSSR count). The van der Waals surface area contributed by atoms with Crippen LogP contribution in [0.1, 0.15) is 19.5 Å². The topological polar surface area (TPSA) is 42.0 Å². The van der Waals surface area contributed by atoms with E-state index in [-0.39, 0.29) is 11.3 Å². The molecule has 0 radical (unpaired) electrons. The van der Waals surface area contributed by atoms with E-state index >= 15 is 0 Å². The number of hydrogen-bond acceptors (Lipinski definition) is 2. The normalized spacial score (nSPS) is 19.1. The van der Waals surface area contributed by atoms with Crippen LogP contribution in [0.25, 0.3) is 0 Å². The number of aromatic nitrogens is 1. The average molecular weight is 176 g/mol. The first kappa shape index (κ1) is 8.23. The molecule has 0 saturated carbocycles. The number of amides is 1. The molecule has 0 unspecified atom stereocenters. The highest BCUT2D eigenvalue weighted by atomic mass is 16.2. The summed E-state index contributed by atoms with van der Waals surface area (Å²) in [6.45, 7) is 3.86. The SMILES string of the molecule is CC1(C)Cc2ncccc2NC1=O. The summed E-state index contributed by atoms with van der Waals surface area (Å²) in [5, 5.41) is 2.85. The monoisotopic (exact) mass is 176 g/mol. The van der Waals surface area contributed by atoms with E-state index in [1.54, 1.807) is 6.20 Å². The zero-order valence-corrected chi connectivity index (χ0v) is 7.79. The van der Waals surface area contributed by atoms with Gasteiger partial charge in [-0.3, -0.25) is 9.78 Å². The van der Waals surface area contributed by atoms with Crippen LogP contribution in [0.5, 0.6) is 0 Å². The fourth-order valence-corrected chi connectivity index (χ4v) is 1.48. The molecule has 2 heterocycles. The van der Waals surface area contributed by atoms with E-state index in [1.165, 1.54) is 0 Å². The fourth-order valence-electron chi connectivity index (χ4n) is 1.48. The van der Waals surface area contributed by atoms with Crippen LogP contribution >= 0.6 is 0 Å². The Bertz CT molecular complexity index is 358. The summed E-state index contributed by atoms with van der Waals surface area (Å²) in [7, 11) is 0. The van der Waals surface area contributed by atoms with Gasteiger partial charge in [-0.1, -0.05) is 13.8 Å². The number of nitrogens with one attached hydrogen (secondary N) is 1. The summed E-state index contributed by atoms with van der Waals surface area (Å²) in [5.74, 6) is 0.0769. The van der Waals surface area contributed by atoms with E-state index in [1.807, 2.05) is 26.0 Å². The summed E-state index contributed by atoms with van der Waals surface area (Å²) in [5.41, 5.74) is 1.50. The summed E-state index contributed by atoms with van der Waals surface area (Å²) in [6.07, 6.45) is 2.47. The number of anilines is 1. The second-order valence-electron chi connectivity index (χ2n) is 4.01. The van der Waals surface area contributed by atoms with Crippen LogP contribution in [-0.4, -0.2) is 10.9 Å². The van der Waals surface area contributed by atoms with Crippen LogP contribution in [-0.2, 0) is 11.2 Å². The first-order valence-electron chi connectivity index (χ1n) is 4.35. The molecule has 13 heavy (non-hydrogen) atoms. The largest absolute Gasteiger partial charge is 0.324 e. The van der Waals surface area contributed by atoms with E-state index in [2.05, 4.69) is 10.3 Å². The number of fused-ring (bicyclic) bond motifs is 1. The first-order chi connectivity index (χ1) is 6.09. The molecule has 0 saturated heterocycles. The van der Waals surface area contributed by atoms with Crippen molar-refractivity contribution >= 4 is 11.6 Å². The van der Waals surface area contributed by atoms with E-state index in [4.69, 9.17) is 0 Å². The molecule has 1 N–H and O–H groups in total. The molecule has 0 spiro atoms. The van der Waals surface area contributed by atoms with E-state index in [9.17, 15) is 4.79 Å². The second kappa shape index (κ2) is 2.55. The van der Waals surface area contributed by atoms with Crippen LogP contribution in [0.2, 0.25) is 0 Å². The smallest absolute Gasteiger partial charge is 0.230 e. The molecular formula is C10H12N2O. The maximum absolute atomic E-state index is 11.5. The van der Waals surface area contributed by atoms with Gasteiger partial charge in [-0.2, -0.15) is 0 Å². The number of carbonyl (C=O) groups excluding carboxylic acids is 1. The molecule has 1 aromatic rings. The van der Waals surface area contributed by atoms with Crippen LogP contribution in [0.15, 0.2) is 18.3 Å². The van der Waals surface area contributed by atoms with Gasteiger partial charge in [0, 0.05) is 18.0 Å². The van der Waals surface area contributed by atoms with Gasteiger partial charge in [-0.05, 0) is 12.1 Å². The van der Waals surface area contributed by atoms with Crippen LogP contribution < -0.4 is 5.32 Å². The Morgan fingerprint density at radius 3 is 3.08 bits per heavy atom. The van der Waals surface area contributed by atoms with E-state index in [0.29, 0.717) is 0 Å². The minimum atomic E-state index is -0.332. The lowest BCUT2D eigenvalue weighted by Gasteiger charge is -2.29. The predicted octanol–water partition coefficient (Wildman–Crippen LogP) is 1.60. The highest BCUT2D eigenvalue weighted by molar-refractivity contribution is 5.97. The van der Waals surface area contributed by atoms with E-state index < -0.39 is 0 Å². The van der Waals surface area contributed by atoms with Gasteiger partial charge in [-0.25, -0.2) is 0 Å². The number of carbonyl (C=O) groups is 1. The summed E-state index contributed by atoms with van der Waals surface area (Å²) in [4.78, 5) is 15.8. The Kier molecular flexibility index (Phi) is 1.62. The molecular weight excluding hydrogens is 164 g/mol. The van der Waals surface area contributed by atoms with Crippen molar-refractivity contribution in [2.45, 2.75) is 20.3 Å². The van der Waals surface area contributed by atoms with Gasteiger partial charge in [0.15, 0.2) is 0 Å². The molecule has 3 heteroatoms. The van der Waals surface area contributed by atoms with Crippen molar-refractivity contribution in [2.24, 2.45) is 5.41 Å². The second-order valence-corrected chi connectivity index (χ2v) is 4.01. The number of rotatable bonds is 0. The molecule has 0 bridgehead atoms. The quantitative estimate of drug-likeness (QED) is 0.652. The minimum absolute atomic E-state index is 0.0769. The third-order valence-corrected chi connectivity index (χ3v) is 2.36. The standard InChI is InChI=1S/C10H12N2O/c1-10(2)6-8-7(12-9(10)13)4-3-5-11-8/h3-5H,6H2,1-2H3,(H,12,13). The predicted molar refractivity (Wildman–Crippen MR) is 50.4 cm³/mol. The van der Waals surface area contributed by atoms with Gasteiger partial charge in [-0.15, -0.1) is 0 Å².